The molecule has 0 radical (unpaired) electrons. The van der Waals surface area contributed by atoms with Crippen molar-refractivity contribution in [3.63, 3.8) is 0 Å². The van der Waals surface area contributed by atoms with Crippen molar-refractivity contribution in [3.05, 3.63) is 52.0 Å². The van der Waals surface area contributed by atoms with E-state index < -0.39 is 0 Å². The number of hydrogen-bond donors (Lipinski definition) is 2. The second kappa shape index (κ2) is 13.1. The monoisotopic (exact) mass is 546 g/mol. The topological polar surface area (TPSA) is 48.9 Å². The normalized spacial score (nSPS) is 15.5. The van der Waals surface area contributed by atoms with Gasteiger partial charge in [-0.2, -0.15) is 11.3 Å². The Balaban J connectivity index is 0.00000320. The number of thiophene rings is 1. The number of halogens is 2. The minimum absolute atomic E-state index is 0. The average molecular weight is 546 g/mol. The minimum atomic E-state index is -0.337. The lowest BCUT2D eigenvalue weighted by Gasteiger charge is -2.33. The highest BCUT2D eigenvalue weighted by Gasteiger charge is 2.20. The molecule has 166 valence electrons. The SMILES string of the molecule is CCNC(=NCc1ccc(OCC)c(F)c1)NC1CCN(Cc2ccsc2)CC1.I. The number of guanidine groups is 1. The smallest absolute Gasteiger partial charge is 0.191 e. The van der Waals surface area contributed by atoms with Crippen LogP contribution in [0.2, 0.25) is 0 Å². The molecule has 0 unspecified atom stereocenters. The first-order valence-corrected chi connectivity index (χ1v) is 11.3. The standard InChI is InChI=1S/C22H31FN4OS.HI/c1-3-24-22(25-14-17-5-6-21(28-4-2)20(23)13-17)26-19-7-10-27(11-8-19)15-18-9-12-29-16-18;/h5-6,9,12-13,16,19H,3-4,7-8,10-11,14-15H2,1-2H3,(H2,24,25,26);1H. The molecule has 1 aliphatic heterocycles. The summed E-state index contributed by atoms with van der Waals surface area (Å²) in [7, 11) is 0. The van der Waals surface area contributed by atoms with E-state index >= 15 is 0 Å². The quantitative estimate of drug-likeness (QED) is 0.288. The Morgan fingerprint density at radius 2 is 2.03 bits per heavy atom. The van der Waals surface area contributed by atoms with Crippen LogP contribution in [0.4, 0.5) is 4.39 Å². The number of nitrogens with one attached hydrogen (secondary N) is 2. The van der Waals surface area contributed by atoms with Gasteiger partial charge in [0, 0.05) is 32.2 Å². The van der Waals surface area contributed by atoms with Crippen LogP contribution in [0.1, 0.15) is 37.8 Å². The summed E-state index contributed by atoms with van der Waals surface area (Å²) in [6, 6.07) is 7.65. The van der Waals surface area contributed by atoms with Crippen LogP contribution >= 0.6 is 35.3 Å². The number of nitrogens with zero attached hydrogens (tertiary/aromatic N) is 2. The van der Waals surface area contributed by atoms with Gasteiger partial charge in [-0.25, -0.2) is 9.38 Å². The van der Waals surface area contributed by atoms with Crippen molar-refractivity contribution < 1.29 is 9.13 Å². The van der Waals surface area contributed by atoms with Gasteiger partial charge < -0.3 is 15.4 Å². The Bertz CT molecular complexity index is 779. The van der Waals surface area contributed by atoms with Gasteiger partial charge >= 0.3 is 0 Å². The molecule has 1 aliphatic rings. The maximum atomic E-state index is 14.0. The summed E-state index contributed by atoms with van der Waals surface area (Å²) in [4.78, 5) is 7.16. The molecule has 0 atom stereocenters. The van der Waals surface area contributed by atoms with E-state index in [0.717, 1.165) is 50.5 Å². The van der Waals surface area contributed by atoms with Crippen LogP contribution in [0.5, 0.6) is 5.75 Å². The second-order valence-corrected chi connectivity index (χ2v) is 8.00. The molecule has 2 aromatic rings. The molecule has 1 saturated heterocycles. The molecule has 30 heavy (non-hydrogen) atoms. The predicted molar refractivity (Wildman–Crippen MR) is 134 cm³/mol. The number of ether oxygens (including phenoxy) is 1. The first kappa shape index (κ1) is 24.9. The van der Waals surface area contributed by atoms with Gasteiger partial charge in [-0.15, -0.1) is 24.0 Å². The Morgan fingerprint density at radius 1 is 1.23 bits per heavy atom. The zero-order valence-electron chi connectivity index (χ0n) is 17.7. The van der Waals surface area contributed by atoms with E-state index in [1.807, 2.05) is 13.0 Å². The fraction of sp³-hybridized carbons (Fsp3) is 0.500. The molecular formula is C22H32FIN4OS. The van der Waals surface area contributed by atoms with Gasteiger partial charge in [-0.3, -0.25) is 4.90 Å². The van der Waals surface area contributed by atoms with Crippen molar-refractivity contribution in [2.75, 3.05) is 26.2 Å². The summed E-state index contributed by atoms with van der Waals surface area (Å²) in [5.74, 6) is 0.744. The van der Waals surface area contributed by atoms with E-state index in [4.69, 9.17) is 4.74 Å². The highest BCUT2D eigenvalue weighted by Crippen LogP contribution is 2.19. The van der Waals surface area contributed by atoms with Gasteiger partial charge in [0.05, 0.1) is 13.2 Å². The van der Waals surface area contributed by atoms with Crippen LogP contribution in [0.3, 0.4) is 0 Å². The zero-order valence-corrected chi connectivity index (χ0v) is 20.8. The third kappa shape index (κ3) is 7.70. The maximum absolute atomic E-state index is 14.0. The molecule has 1 fully saturated rings. The first-order chi connectivity index (χ1) is 14.2. The number of hydrogen-bond acceptors (Lipinski definition) is 4. The van der Waals surface area contributed by atoms with Crippen molar-refractivity contribution in [2.24, 2.45) is 4.99 Å². The van der Waals surface area contributed by atoms with Crippen molar-refractivity contribution >= 4 is 41.3 Å². The molecular weight excluding hydrogens is 514 g/mol. The lowest BCUT2D eigenvalue weighted by Crippen LogP contribution is -2.48. The summed E-state index contributed by atoms with van der Waals surface area (Å²) in [5.41, 5.74) is 2.23. The van der Waals surface area contributed by atoms with E-state index in [1.54, 1.807) is 17.4 Å². The third-order valence-electron chi connectivity index (χ3n) is 4.97. The van der Waals surface area contributed by atoms with Crippen LogP contribution in [-0.2, 0) is 13.1 Å². The number of likely N-dealkylation sites (tertiary alicyclic amines) is 1. The number of benzene rings is 1. The molecule has 5 nitrogen and oxygen atoms in total. The molecule has 0 saturated carbocycles. The van der Waals surface area contributed by atoms with Crippen LogP contribution in [0.15, 0.2) is 40.0 Å². The summed E-state index contributed by atoms with van der Waals surface area (Å²) < 4.78 is 19.3. The summed E-state index contributed by atoms with van der Waals surface area (Å²) in [6.07, 6.45) is 2.18. The van der Waals surface area contributed by atoms with Gasteiger partial charge in [0.25, 0.3) is 0 Å². The highest BCUT2D eigenvalue weighted by atomic mass is 127. The first-order valence-electron chi connectivity index (χ1n) is 10.4. The van der Waals surface area contributed by atoms with Gasteiger partial charge in [-0.1, -0.05) is 6.07 Å². The summed E-state index contributed by atoms with van der Waals surface area (Å²) in [6.45, 7) is 8.77. The van der Waals surface area contributed by atoms with Crippen LogP contribution < -0.4 is 15.4 Å². The molecule has 0 bridgehead atoms. The van der Waals surface area contributed by atoms with E-state index in [0.29, 0.717) is 24.9 Å². The maximum Gasteiger partial charge on any atom is 0.191 e. The fourth-order valence-corrected chi connectivity index (χ4v) is 4.14. The third-order valence-corrected chi connectivity index (χ3v) is 5.71. The van der Waals surface area contributed by atoms with E-state index in [-0.39, 0.29) is 29.8 Å². The highest BCUT2D eigenvalue weighted by molar-refractivity contribution is 14.0. The van der Waals surface area contributed by atoms with Crippen molar-refractivity contribution in [2.45, 2.75) is 45.8 Å². The van der Waals surface area contributed by atoms with Crippen LogP contribution in [0.25, 0.3) is 0 Å². The van der Waals surface area contributed by atoms with Crippen molar-refractivity contribution in [3.8, 4) is 5.75 Å². The van der Waals surface area contributed by atoms with Crippen LogP contribution in [0, 0.1) is 5.82 Å². The predicted octanol–water partition coefficient (Wildman–Crippen LogP) is 4.62. The molecule has 1 aromatic carbocycles. The van der Waals surface area contributed by atoms with Gasteiger partial charge in [0.1, 0.15) is 0 Å². The zero-order chi connectivity index (χ0) is 20.5. The Kier molecular flexibility index (Phi) is 10.9. The van der Waals surface area contributed by atoms with Crippen molar-refractivity contribution in [1.82, 2.24) is 15.5 Å². The molecule has 1 aromatic heterocycles. The second-order valence-electron chi connectivity index (χ2n) is 7.22. The molecule has 2 N–H and O–H groups in total. The minimum Gasteiger partial charge on any atom is -0.491 e. The van der Waals surface area contributed by atoms with E-state index in [2.05, 4.69) is 44.3 Å². The number of rotatable bonds is 8. The van der Waals surface area contributed by atoms with E-state index in [1.165, 1.54) is 11.6 Å². The summed E-state index contributed by atoms with van der Waals surface area (Å²) >= 11 is 1.76. The number of aliphatic imine (C=N–C) groups is 1. The Hall–Kier alpha value is -1.39. The molecule has 3 rings (SSSR count). The largest absolute Gasteiger partial charge is 0.491 e. The lowest BCUT2D eigenvalue weighted by molar-refractivity contribution is 0.198. The van der Waals surface area contributed by atoms with Gasteiger partial charge in [0.15, 0.2) is 17.5 Å². The molecule has 0 amide bonds. The molecule has 0 aliphatic carbocycles. The lowest BCUT2D eigenvalue weighted by atomic mass is 10.0. The average Bonchev–Trinajstić information content (AvgIpc) is 3.23. The molecule has 2 heterocycles. The van der Waals surface area contributed by atoms with Crippen molar-refractivity contribution in [1.29, 1.82) is 0 Å². The van der Waals surface area contributed by atoms with Gasteiger partial charge in [0.2, 0.25) is 0 Å². The molecule has 8 heteroatoms. The van der Waals surface area contributed by atoms with Crippen LogP contribution in [-0.4, -0.2) is 43.1 Å². The van der Waals surface area contributed by atoms with E-state index in [9.17, 15) is 4.39 Å². The fourth-order valence-electron chi connectivity index (χ4n) is 3.48. The number of piperidine rings is 1. The Morgan fingerprint density at radius 3 is 2.67 bits per heavy atom. The van der Waals surface area contributed by atoms with Gasteiger partial charge in [-0.05, 0) is 66.8 Å². The molecule has 0 spiro atoms. The Labute approximate surface area is 200 Å². The summed E-state index contributed by atoms with van der Waals surface area (Å²) in [5, 5.41) is 11.2.